The highest BCUT2D eigenvalue weighted by atomic mass is 32.2. The van der Waals surface area contributed by atoms with E-state index in [1.165, 1.54) is 17.4 Å². The first kappa shape index (κ1) is 23.2. The van der Waals surface area contributed by atoms with Crippen LogP contribution in [0.4, 0.5) is 11.4 Å². The Morgan fingerprint density at radius 1 is 1.15 bits per heavy atom. The molecule has 174 valence electrons. The van der Waals surface area contributed by atoms with Gasteiger partial charge < -0.3 is 10.1 Å². The van der Waals surface area contributed by atoms with Crippen molar-refractivity contribution in [1.82, 2.24) is 14.9 Å². The van der Waals surface area contributed by atoms with Crippen LogP contribution in [0.5, 0.6) is 5.88 Å². The Hall–Kier alpha value is -2.97. The zero-order valence-corrected chi connectivity index (χ0v) is 20.2. The number of hydrogen-bond donors (Lipinski definition) is 1. The second kappa shape index (κ2) is 9.89. The smallest absolute Gasteiger partial charge is 0.232 e. The molecule has 1 N–H and O–H groups in total. The average Bonchev–Trinajstić information content (AvgIpc) is 2.79. The minimum atomic E-state index is -2.96. The number of aromatic nitrogens is 2. The maximum atomic E-state index is 11.5. The fraction of sp³-hybridized carbons (Fsp3) is 0.360. The van der Waals surface area contributed by atoms with Gasteiger partial charge in [-0.3, -0.25) is 4.90 Å². The van der Waals surface area contributed by atoms with Crippen LogP contribution in [-0.4, -0.2) is 55.0 Å². The molecular formula is C25H30N4O3S. The summed E-state index contributed by atoms with van der Waals surface area (Å²) in [6.45, 7) is 6.73. The van der Waals surface area contributed by atoms with Crippen molar-refractivity contribution in [2.45, 2.75) is 26.8 Å². The zero-order chi connectivity index (χ0) is 23.4. The van der Waals surface area contributed by atoms with Crippen molar-refractivity contribution >= 4 is 21.2 Å². The molecule has 0 amide bonds. The van der Waals surface area contributed by atoms with E-state index in [9.17, 15) is 8.42 Å². The molecule has 7 nitrogen and oxygen atoms in total. The van der Waals surface area contributed by atoms with Crippen molar-refractivity contribution in [2.24, 2.45) is 0 Å². The van der Waals surface area contributed by atoms with E-state index in [4.69, 9.17) is 4.74 Å². The Morgan fingerprint density at radius 3 is 2.73 bits per heavy atom. The molecule has 4 rings (SSSR count). The van der Waals surface area contributed by atoms with Crippen LogP contribution < -0.4 is 10.1 Å². The summed E-state index contributed by atoms with van der Waals surface area (Å²) < 4.78 is 28.5. The zero-order valence-electron chi connectivity index (χ0n) is 19.3. The molecule has 3 aromatic rings. The molecule has 1 aliphatic rings. The third-order valence-electron chi connectivity index (χ3n) is 5.84. The highest BCUT2D eigenvalue weighted by Gasteiger charge is 2.20. The van der Waals surface area contributed by atoms with E-state index >= 15 is 0 Å². The number of aryl methyl sites for hydroxylation is 1. The summed E-state index contributed by atoms with van der Waals surface area (Å²) in [6.07, 6.45) is 5.57. The minimum Gasteiger partial charge on any atom is -0.477 e. The number of nitrogens with one attached hydrogen (secondary N) is 1. The van der Waals surface area contributed by atoms with E-state index in [1.54, 1.807) is 12.4 Å². The number of rotatable bonds is 8. The first-order valence-electron chi connectivity index (χ1n) is 11.2. The second-order valence-electron chi connectivity index (χ2n) is 8.43. The fourth-order valence-electron chi connectivity index (χ4n) is 4.08. The van der Waals surface area contributed by atoms with Gasteiger partial charge in [-0.1, -0.05) is 18.2 Å². The summed E-state index contributed by atoms with van der Waals surface area (Å²) in [6, 6.07) is 12.5. The number of nitrogens with zero attached hydrogens (tertiary/aromatic N) is 3. The van der Waals surface area contributed by atoms with Crippen molar-refractivity contribution in [3.8, 4) is 17.1 Å². The first-order valence-corrected chi connectivity index (χ1v) is 13.2. The predicted molar refractivity (Wildman–Crippen MR) is 132 cm³/mol. The van der Waals surface area contributed by atoms with Gasteiger partial charge in [-0.05, 0) is 55.2 Å². The summed E-state index contributed by atoms with van der Waals surface area (Å²) >= 11 is 0. The van der Waals surface area contributed by atoms with E-state index in [-0.39, 0.29) is 5.75 Å². The predicted octanol–water partition coefficient (Wildman–Crippen LogP) is 4.00. The van der Waals surface area contributed by atoms with Crippen molar-refractivity contribution in [1.29, 1.82) is 0 Å². The Labute approximate surface area is 195 Å². The van der Waals surface area contributed by atoms with Gasteiger partial charge in [0.2, 0.25) is 5.88 Å². The number of hydrogen-bond acceptors (Lipinski definition) is 7. The molecule has 1 aromatic heterocycles. The highest BCUT2D eigenvalue weighted by Crippen LogP contribution is 2.31. The summed E-state index contributed by atoms with van der Waals surface area (Å²) in [5.41, 5.74) is 7.54. The van der Waals surface area contributed by atoms with Gasteiger partial charge in [0, 0.05) is 42.8 Å². The third-order valence-corrected chi connectivity index (χ3v) is 6.76. The van der Waals surface area contributed by atoms with Crippen LogP contribution >= 0.6 is 0 Å². The van der Waals surface area contributed by atoms with Gasteiger partial charge in [-0.25, -0.2) is 18.4 Å². The third kappa shape index (κ3) is 5.89. The van der Waals surface area contributed by atoms with Crippen molar-refractivity contribution in [3.63, 3.8) is 0 Å². The van der Waals surface area contributed by atoms with Gasteiger partial charge in [0.05, 0.1) is 30.4 Å². The van der Waals surface area contributed by atoms with Gasteiger partial charge in [0.1, 0.15) is 9.84 Å². The quantitative estimate of drug-likeness (QED) is 0.537. The maximum absolute atomic E-state index is 11.5. The minimum absolute atomic E-state index is 0.195. The molecule has 1 aliphatic heterocycles. The monoisotopic (exact) mass is 466 g/mol. The molecule has 8 heteroatoms. The van der Waals surface area contributed by atoms with E-state index in [1.807, 2.05) is 13.0 Å². The SMILES string of the molecule is CCOc1cnc(-c2cc(Nc3cccc4c3CCN(CCS(C)(=O)=O)C4)ccc2C)cn1. The van der Waals surface area contributed by atoms with Crippen LogP contribution in [0.25, 0.3) is 11.3 Å². The lowest BCUT2D eigenvalue weighted by Crippen LogP contribution is -2.34. The Balaban J connectivity index is 1.53. The number of sulfone groups is 1. The molecule has 0 saturated carbocycles. The van der Waals surface area contributed by atoms with Crippen molar-refractivity contribution < 1.29 is 13.2 Å². The highest BCUT2D eigenvalue weighted by molar-refractivity contribution is 7.90. The molecule has 0 bridgehead atoms. The largest absolute Gasteiger partial charge is 0.477 e. The first-order chi connectivity index (χ1) is 15.8. The van der Waals surface area contributed by atoms with Crippen LogP contribution in [-0.2, 0) is 22.8 Å². The van der Waals surface area contributed by atoms with Crippen LogP contribution in [0, 0.1) is 6.92 Å². The van der Waals surface area contributed by atoms with E-state index in [2.05, 4.69) is 57.4 Å². The Kier molecular flexibility index (Phi) is 6.95. The standard InChI is InChI=1S/C25H30N4O3S/c1-4-32-25-16-26-24(15-27-25)22-14-20(9-8-18(22)2)28-23-7-5-6-19-17-29(11-10-21(19)23)12-13-33(3,30)31/h5-9,14-16,28H,4,10-13,17H2,1-3H3. The van der Waals surface area contributed by atoms with E-state index in [0.29, 0.717) is 19.0 Å². The molecule has 0 fully saturated rings. The van der Waals surface area contributed by atoms with Crippen LogP contribution in [0.3, 0.4) is 0 Å². The Bertz CT molecular complexity index is 1230. The van der Waals surface area contributed by atoms with Gasteiger partial charge in [-0.15, -0.1) is 0 Å². The molecule has 2 heterocycles. The molecule has 0 aliphatic carbocycles. The number of ether oxygens (including phenoxy) is 1. The Morgan fingerprint density at radius 2 is 2.00 bits per heavy atom. The fourth-order valence-corrected chi connectivity index (χ4v) is 4.67. The molecule has 0 atom stereocenters. The molecule has 0 saturated heterocycles. The van der Waals surface area contributed by atoms with E-state index in [0.717, 1.165) is 47.7 Å². The van der Waals surface area contributed by atoms with Gasteiger partial charge in [0.15, 0.2) is 0 Å². The molecular weight excluding hydrogens is 436 g/mol. The molecule has 33 heavy (non-hydrogen) atoms. The van der Waals surface area contributed by atoms with E-state index < -0.39 is 9.84 Å². The van der Waals surface area contributed by atoms with Crippen molar-refractivity contribution in [3.05, 3.63) is 65.5 Å². The van der Waals surface area contributed by atoms with Gasteiger partial charge in [0.25, 0.3) is 0 Å². The van der Waals surface area contributed by atoms with Gasteiger partial charge in [-0.2, -0.15) is 0 Å². The van der Waals surface area contributed by atoms with Crippen LogP contribution in [0.2, 0.25) is 0 Å². The molecule has 0 unspecified atom stereocenters. The molecule has 2 aromatic carbocycles. The summed E-state index contributed by atoms with van der Waals surface area (Å²) in [4.78, 5) is 11.1. The van der Waals surface area contributed by atoms with Crippen molar-refractivity contribution in [2.75, 3.05) is 37.0 Å². The maximum Gasteiger partial charge on any atom is 0.232 e. The summed E-state index contributed by atoms with van der Waals surface area (Å²) in [5.74, 6) is 0.718. The summed E-state index contributed by atoms with van der Waals surface area (Å²) in [5, 5.41) is 3.58. The molecule has 0 spiro atoms. The van der Waals surface area contributed by atoms with Crippen LogP contribution in [0.15, 0.2) is 48.8 Å². The molecule has 0 radical (unpaired) electrons. The summed E-state index contributed by atoms with van der Waals surface area (Å²) in [7, 11) is -2.96. The van der Waals surface area contributed by atoms with Gasteiger partial charge >= 0.3 is 0 Å². The topological polar surface area (TPSA) is 84.4 Å². The lowest BCUT2D eigenvalue weighted by molar-refractivity contribution is 0.269. The average molecular weight is 467 g/mol. The number of anilines is 2. The number of fused-ring (bicyclic) bond motifs is 1. The number of benzene rings is 2. The normalized spacial score (nSPS) is 14.0. The second-order valence-corrected chi connectivity index (χ2v) is 10.7. The lowest BCUT2D eigenvalue weighted by Gasteiger charge is -2.30. The van der Waals surface area contributed by atoms with Crippen LogP contribution in [0.1, 0.15) is 23.6 Å². The lowest BCUT2D eigenvalue weighted by atomic mass is 9.97.